The van der Waals surface area contributed by atoms with Gasteiger partial charge in [0, 0.05) is 0 Å². The average Bonchev–Trinajstić information content (AvgIpc) is 1.68. The van der Waals surface area contributed by atoms with Crippen LogP contribution in [-0.4, -0.2) is 13.3 Å². The lowest BCUT2D eigenvalue weighted by Crippen LogP contribution is -2.44. The van der Waals surface area contributed by atoms with Crippen LogP contribution < -0.4 is 16.4 Å². The van der Waals surface area contributed by atoms with Crippen LogP contribution in [0.3, 0.4) is 0 Å². The van der Waals surface area contributed by atoms with E-state index in [-0.39, 0.29) is 6.29 Å². The zero-order valence-corrected chi connectivity index (χ0v) is 4.44. The van der Waals surface area contributed by atoms with Crippen LogP contribution in [0.15, 0.2) is 12.8 Å². The molecule has 4 N–H and O–H groups in total. The van der Waals surface area contributed by atoms with Gasteiger partial charge in [-0.2, -0.15) is 0 Å². The molecule has 0 aliphatic rings. The monoisotopic (exact) mass is 101 g/mol. The quantitative estimate of drug-likeness (QED) is 0.407. The van der Waals surface area contributed by atoms with E-state index >= 15 is 0 Å². The highest BCUT2D eigenvalue weighted by Crippen LogP contribution is 1.55. The summed E-state index contributed by atoms with van der Waals surface area (Å²) in [6, 6.07) is 0. The highest BCUT2D eigenvalue weighted by Gasteiger charge is 1.85. The van der Waals surface area contributed by atoms with Crippen LogP contribution in [-0.2, 0) is 0 Å². The molecule has 0 aliphatic carbocycles. The van der Waals surface area contributed by atoms with Crippen LogP contribution in [0, 0.1) is 0 Å². The smallest absolute Gasteiger partial charge is 0.129 e. The third-order valence-electron chi connectivity index (χ3n) is 0.608. The molecule has 0 heterocycles. The molecule has 0 rings (SSSR count). The van der Waals surface area contributed by atoms with Gasteiger partial charge in [-0.25, -0.2) is 0 Å². The van der Waals surface area contributed by atoms with Crippen molar-refractivity contribution >= 4 is 0 Å². The zero-order valence-electron chi connectivity index (χ0n) is 4.44. The van der Waals surface area contributed by atoms with E-state index in [2.05, 4.69) is 17.2 Å². The fraction of sp³-hybridized carbons (Fsp3) is 0.500. The summed E-state index contributed by atoms with van der Waals surface area (Å²) in [5.41, 5.74) is 5.29. The van der Waals surface area contributed by atoms with Crippen LogP contribution in [0.25, 0.3) is 0 Å². The van der Waals surface area contributed by atoms with Gasteiger partial charge in [-0.05, 0) is 13.2 Å². The molecule has 0 saturated heterocycles. The summed E-state index contributed by atoms with van der Waals surface area (Å²) in [7, 11) is 1.77. The molecule has 0 saturated carbocycles. The summed E-state index contributed by atoms with van der Waals surface area (Å²) in [6.07, 6.45) is 1.37. The van der Waals surface area contributed by atoms with E-state index in [0.717, 1.165) is 0 Å². The number of nitrogens with two attached hydrogens (primary N) is 1. The first-order chi connectivity index (χ1) is 3.31. The average molecular weight is 101 g/mol. The molecule has 0 unspecified atom stereocenters. The van der Waals surface area contributed by atoms with Crippen LogP contribution in [0.4, 0.5) is 0 Å². The van der Waals surface area contributed by atoms with Gasteiger partial charge in [-0.1, -0.05) is 6.58 Å². The standard InChI is InChI=1S/C4H11N3/c1-3-7-4(5)6-2/h3-4,6-7H,1,5H2,2H3/t4-/m0/s1. The Labute approximate surface area is 43.6 Å². The van der Waals surface area contributed by atoms with Crippen molar-refractivity contribution in [3.63, 3.8) is 0 Å². The van der Waals surface area contributed by atoms with Crippen LogP contribution in [0.5, 0.6) is 0 Å². The van der Waals surface area contributed by atoms with E-state index in [4.69, 9.17) is 5.73 Å². The molecular formula is C4H11N3. The highest BCUT2D eigenvalue weighted by molar-refractivity contribution is 4.65. The molecule has 42 valence electrons. The molecule has 1 atom stereocenters. The minimum Gasteiger partial charge on any atom is -0.365 e. The Hall–Kier alpha value is -0.540. The molecule has 3 nitrogen and oxygen atoms in total. The Bertz CT molecular complexity index is 52.9. The first-order valence-electron chi connectivity index (χ1n) is 2.11. The Morgan fingerprint density at radius 1 is 1.86 bits per heavy atom. The van der Waals surface area contributed by atoms with Gasteiger partial charge < -0.3 is 5.32 Å². The first kappa shape index (κ1) is 6.46. The van der Waals surface area contributed by atoms with Crippen LogP contribution in [0.2, 0.25) is 0 Å². The van der Waals surface area contributed by atoms with Crippen molar-refractivity contribution in [1.29, 1.82) is 0 Å². The second-order valence-corrected chi connectivity index (χ2v) is 1.14. The molecule has 0 aromatic heterocycles. The first-order valence-corrected chi connectivity index (χ1v) is 2.11. The number of hydrogen-bond donors (Lipinski definition) is 3. The van der Waals surface area contributed by atoms with Crippen molar-refractivity contribution in [1.82, 2.24) is 10.6 Å². The van der Waals surface area contributed by atoms with Crippen molar-refractivity contribution < 1.29 is 0 Å². The summed E-state index contributed by atoms with van der Waals surface area (Å²) in [5.74, 6) is 0. The minimum absolute atomic E-state index is 0.169. The number of rotatable bonds is 3. The lowest BCUT2D eigenvalue weighted by molar-refractivity contribution is 0.534. The van der Waals surface area contributed by atoms with E-state index in [9.17, 15) is 0 Å². The molecular weight excluding hydrogens is 90.1 g/mol. The SMILES string of the molecule is C=CN[C@@H](N)NC. The largest absolute Gasteiger partial charge is 0.365 e. The Morgan fingerprint density at radius 2 is 2.43 bits per heavy atom. The third-order valence-corrected chi connectivity index (χ3v) is 0.608. The highest BCUT2D eigenvalue weighted by atomic mass is 15.2. The molecule has 0 aliphatic heterocycles. The molecule has 0 radical (unpaired) electrons. The second kappa shape index (κ2) is 3.64. The third kappa shape index (κ3) is 3.29. The summed E-state index contributed by atoms with van der Waals surface area (Å²) >= 11 is 0. The van der Waals surface area contributed by atoms with Crippen molar-refractivity contribution in [2.45, 2.75) is 6.29 Å². The molecule has 7 heavy (non-hydrogen) atoms. The van der Waals surface area contributed by atoms with E-state index in [1.54, 1.807) is 13.2 Å². The van der Waals surface area contributed by atoms with E-state index in [0.29, 0.717) is 0 Å². The fourth-order valence-corrected chi connectivity index (χ4v) is 0.210. The van der Waals surface area contributed by atoms with Gasteiger partial charge in [0.2, 0.25) is 0 Å². The summed E-state index contributed by atoms with van der Waals surface area (Å²) in [4.78, 5) is 0. The Morgan fingerprint density at radius 3 is 2.57 bits per heavy atom. The molecule has 3 heteroatoms. The fourth-order valence-electron chi connectivity index (χ4n) is 0.210. The summed E-state index contributed by atoms with van der Waals surface area (Å²) < 4.78 is 0. The second-order valence-electron chi connectivity index (χ2n) is 1.14. The van der Waals surface area contributed by atoms with Crippen LogP contribution in [0.1, 0.15) is 0 Å². The zero-order chi connectivity index (χ0) is 5.70. The van der Waals surface area contributed by atoms with Crippen molar-refractivity contribution in [2.75, 3.05) is 7.05 Å². The molecule has 0 spiro atoms. The summed E-state index contributed by atoms with van der Waals surface area (Å²) in [6.45, 7) is 3.42. The molecule has 0 aromatic rings. The van der Waals surface area contributed by atoms with Crippen molar-refractivity contribution in [3.05, 3.63) is 12.8 Å². The normalized spacial score (nSPS) is 12.9. The predicted molar refractivity (Wildman–Crippen MR) is 30.4 cm³/mol. The maximum atomic E-state index is 5.29. The molecule has 0 amide bonds. The molecule has 0 fully saturated rings. The van der Waals surface area contributed by atoms with Crippen LogP contribution >= 0.6 is 0 Å². The molecule has 0 aromatic carbocycles. The van der Waals surface area contributed by atoms with Gasteiger partial charge >= 0.3 is 0 Å². The maximum absolute atomic E-state index is 5.29. The van der Waals surface area contributed by atoms with E-state index in [1.807, 2.05) is 0 Å². The lowest BCUT2D eigenvalue weighted by atomic mass is 10.8. The summed E-state index contributed by atoms with van der Waals surface area (Å²) in [5, 5.41) is 5.49. The minimum atomic E-state index is -0.169. The van der Waals surface area contributed by atoms with Gasteiger partial charge in [0.1, 0.15) is 6.29 Å². The maximum Gasteiger partial charge on any atom is 0.129 e. The van der Waals surface area contributed by atoms with E-state index < -0.39 is 0 Å². The predicted octanol–water partition coefficient (Wildman–Crippen LogP) is -0.819. The van der Waals surface area contributed by atoms with E-state index in [1.165, 1.54) is 0 Å². The van der Waals surface area contributed by atoms with Gasteiger partial charge in [0.25, 0.3) is 0 Å². The van der Waals surface area contributed by atoms with Crippen molar-refractivity contribution in [2.24, 2.45) is 5.73 Å². The topological polar surface area (TPSA) is 50.1 Å². The lowest BCUT2D eigenvalue weighted by Gasteiger charge is -2.07. The Kier molecular flexibility index (Phi) is 3.36. The van der Waals surface area contributed by atoms with Gasteiger partial charge in [0.05, 0.1) is 0 Å². The van der Waals surface area contributed by atoms with Gasteiger partial charge in [0.15, 0.2) is 0 Å². The van der Waals surface area contributed by atoms with Gasteiger partial charge in [-0.3, -0.25) is 11.1 Å². The number of hydrogen-bond acceptors (Lipinski definition) is 3. The Balaban J connectivity index is 2.98. The van der Waals surface area contributed by atoms with Gasteiger partial charge in [-0.15, -0.1) is 0 Å². The number of nitrogens with one attached hydrogen (secondary N) is 2. The van der Waals surface area contributed by atoms with Crippen molar-refractivity contribution in [3.8, 4) is 0 Å². The molecule has 0 bridgehead atoms.